The number of aliphatic hydroxyl groups excluding tert-OH is 1. The van der Waals surface area contributed by atoms with Gasteiger partial charge in [0, 0.05) is 0 Å². The minimum absolute atomic E-state index is 0.582. The molecule has 2 unspecified atom stereocenters. The van der Waals surface area contributed by atoms with Crippen molar-refractivity contribution in [2.24, 2.45) is 17.8 Å². The lowest BCUT2D eigenvalue weighted by Crippen LogP contribution is -2.28. The van der Waals surface area contributed by atoms with E-state index in [4.69, 9.17) is 0 Å². The Balaban J connectivity index is 1.73. The zero-order chi connectivity index (χ0) is 58.8. The van der Waals surface area contributed by atoms with Gasteiger partial charge in [-0.25, -0.2) is 0 Å². The quantitative estimate of drug-likeness (QED) is 0.0471. The average Bonchev–Trinajstić information content (AvgIpc) is 4.41. The van der Waals surface area contributed by atoms with Crippen LogP contribution in [0.5, 0.6) is 0 Å². The molecule has 1 aliphatic rings. The predicted octanol–water partition coefficient (Wildman–Crippen LogP) is 28.2. The van der Waals surface area contributed by atoms with Crippen molar-refractivity contribution in [3.05, 3.63) is 12.2 Å². The summed E-state index contributed by atoms with van der Waals surface area (Å²) in [6.07, 6.45) is 101. The maximum absolute atomic E-state index is 12.0. The number of rotatable bonds is 73. The number of aliphatic carboxylic acids is 1. The number of hydrogen-bond acceptors (Lipinski definition) is 2. The lowest BCUT2D eigenvalue weighted by Gasteiger charge is -2.19. The zero-order valence-corrected chi connectivity index (χ0v) is 56.8. The summed E-state index contributed by atoms with van der Waals surface area (Å²) in [6, 6.07) is 0. The number of unbranched alkanes of at least 4 members (excludes halogenated alkanes) is 61. The maximum Gasteiger partial charge on any atom is 0.309 e. The molecular weight excluding hydrogens is 997 g/mol. The highest BCUT2D eigenvalue weighted by atomic mass is 16.4. The number of hydrogen-bond donors (Lipinski definition) is 2. The van der Waals surface area contributed by atoms with E-state index >= 15 is 0 Å². The fourth-order valence-corrected chi connectivity index (χ4v) is 13.9. The van der Waals surface area contributed by atoms with Gasteiger partial charge in [-0.3, -0.25) is 4.79 Å². The van der Waals surface area contributed by atoms with Crippen LogP contribution >= 0.6 is 0 Å². The summed E-state index contributed by atoms with van der Waals surface area (Å²) in [5, 5.41) is 20.6. The molecule has 2 N–H and O–H groups in total. The van der Waals surface area contributed by atoms with Crippen LogP contribution in [-0.2, 0) is 4.79 Å². The Morgan fingerprint density at radius 3 is 0.720 bits per heavy atom. The molecule has 0 amide bonds. The van der Waals surface area contributed by atoms with Crippen molar-refractivity contribution in [3.8, 4) is 0 Å². The standard InChI is InChI=1S/C79H154O3/c1-3-5-7-9-11-13-15-17-19-21-23-25-27-28-29-30-31-32-33-34-35-36-37-38-39-41-43-45-47-50-54-58-62-66-70-75-74-76(75)71-67-63-59-55-51-49-53-57-61-65-69-73-78(80)77(79(81)82)72-68-64-60-56-52-48-46-44-42-40-26-24-22-20-18-16-14-12-10-8-6-4-2/h34-35,75-78,80H,3-33,36-74H2,1-2H3,(H,81,82)/b35-34-/t75?,76?,77-,78-/m1/s1. The van der Waals surface area contributed by atoms with Crippen LogP contribution in [0, 0.1) is 17.8 Å². The van der Waals surface area contributed by atoms with Crippen LogP contribution in [0.25, 0.3) is 0 Å². The highest BCUT2D eigenvalue weighted by molar-refractivity contribution is 5.70. The first-order chi connectivity index (χ1) is 40.6. The lowest BCUT2D eigenvalue weighted by molar-refractivity contribution is -0.146. The van der Waals surface area contributed by atoms with Gasteiger partial charge in [0.25, 0.3) is 0 Å². The third-order valence-corrected chi connectivity index (χ3v) is 19.9. The van der Waals surface area contributed by atoms with Gasteiger partial charge >= 0.3 is 5.97 Å². The topological polar surface area (TPSA) is 57.5 Å². The van der Waals surface area contributed by atoms with Crippen molar-refractivity contribution < 1.29 is 15.0 Å². The summed E-state index contributed by atoms with van der Waals surface area (Å²) >= 11 is 0. The highest BCUT2D eigenvalue weighted by Gasteiger charge is 2.35. The summed E-state index contributed by atoms with van der Waals surface area (Å²) in [7, 11) is 0. The number of carboxylic acids is 1. The minimum atomic E-state index is -0.797. The molecule has 0 aliphatic heterocycles. The monoisotopic (exact) mass is 1150 g/mol. The molecule has 1 saturated carbocycles. The van der Waals surface area contributed by atoms with Gasteiger partial charge in [-0.1, -0.05) is 431 Å². The molecule has 0 aromatic heterocycles. The van der Waals surface area contributed by atoms with E-state index < -0.39 is 18.0 Å². The Bertz CT molecular complexity index is 1230. The van der Waals surface area contributed by atoms with Crippen LogP contribution in [0.2, 0.25) is 0 Å². The fourth-order valence-electron chi connectivity index (χ4n) is 13.9. The first kappa shape index (κ1) is 79.2. The van der Waals surface area contributed by atoms with E-state index in [1.165, 1.54) is 411 Å². The van der Waals surface area contributed by atoms with Crippen LogP contribution in [0.15, 0.2) is 12.2 Å². The van der Waals surface area contributed by atoms with E-state index in [-0.39, 0.29) is 0 Å². The summed E-state index contributed by atoms with van der Waals surface area (Å²) in [5.41, 5.74) is 0. The summed E-state index contributed by atoms with van der Waals surface area (Å²) < 4.78 is 0. The van der Waals surface area contributed by atoms with Gasteiger partial charge in [0.2, 0.25) is 0 Å². The van der Waals surface area contributed by atoms with Crippen molar-refractivity contribution in [2.75, 3.05) is 0 Å². The first-order valence-electron chi connectivity index (χ1n) is 39.2. The molecule has 488 valence electrons. The molecular formula is C79H154O3. The second-order valence-corrected chi connectivity index (χ2v) is 28.0. The Labute approximate surface area is 517 Å². The third kappa shape index (κ3) is 60.8. The van der Waals surface area contributed by atoms with Crippen molar-refractivity contribution >= 4 is 5.97 Å². The molecule has 0 bridgehead atoms. The van der Waals surface area contributed by atoms with Crippen molar-refractivity contribution in [1.82, 2.24) is 0 Å². The van der Waals surface area contributed by atoms with Crippen molar-refractivity contribution in [3.63, 3.8) is 0 Å². The van der Waals surface area contributed by atoms with E-state index in [1.807, 2.05) is 0 Å². The Morgan fingerprint density at radius 2 is 0.488 bits per heavy atom. The molecule has 0 aromatic rings. The van der Waals surface area contributed by atoms with Crippen LogP contribution in [0.1, 0.15) is 463 Å². The van der Waals surface area contributed by atoms with E-state index in [0.717, 1.165) is 37.5 Å². The van der Waals surface area contributed by atoms with Crippen molar-refractivity contribution in [2.45, 2.75) is 469 Å². The minimum Gasteiger partial charge on any atom is -0.481 e. The van der Waals surface area contributed by atoms with Gasteiger partial charge in [0.1, 0.15) is 0 Å². The number of allylic oxidation sites excluding steroid dienone is 2. The third-order valence-electron chi connectivity index (χ3n) is 19.9. The molecule has 3 nitrogen and oxygen atoms in total. The molecule has 3 heteroatoms. The fraction of sp³-hybridized carbons (Fsp3) is 0.962. The van der Waals surface area contributed by atoms with Crippen LogP contribution in [-0.4, -0.2) is 22.3 Å². The lowest BCUT2D eigenvalue weighted by atomic mass is 9.91. The van der Waals surface area contributed by atoms with Gasteiger partial charge in [-0.15, -0.1) is 0 Å². The van der Waals surface area contributed by atoms with E-state index in [9.17, 15) is 15.0 Å². The summed E-state index contributed by atoms with van der Waals surface area (Å²) in [4.78, 5) is 12.0. The molecule has 0 saturated heterocycles. The molecule has 0 spiro atoms. The Hall–Kier alpha value is -0.830. The van der Waals surface area contributed by atoms with Gasteiger partial charge in [0.15, 0.2) is 0 Å². The molecule has 0 heterocycles. The zero-order valence-electron chi connectivity index (χ0n) is 56.8. The highest BCUT2D eigenvalue weighted by Crippen LogP contribution is 2.46. The predicted molar refractivity (Wildman–Crippen MR) is 368 cm³/mol. The number of aliphatic hydroxyl groups is 1. The molecule has 4 atom stereocenters. The molecule has 82 heavy (non-hydrogen) atoms. The van der Waals surface area contributed by atoms with E-state index in [2.05, 4.69) is 26.0 Å². The van der Waals surface area contributed by atoms with Crippen LogP contribution in [0.4, 0.5) is 0 Å². The largest absolute Gasteiger partial charge is 0.481 e. The summed E-state index contributed by atoms with van der Waals surface area (Å²) in [6.45, 7) is 4.61. The van der Waals surface area contributed by atoms with Gasteiger partial charge in [-0.05, 0) is 56.8 Å². The molecule has 0 aromatic carbocycles. The molecule has 1 aliphatic carbocycles. The SMILES string of the molecule is CCCCCCCCCCCCCCCCCCCC/C=C\CCCCCCCCCCCCCCC1CC1CCCCCCCCCCCCC[C@@H](O)[C@@H](CCCCCCCCCCCCCCCCCCCCCCCC)C(=O)O. The Kier molecular flexibility index (Phi) is 65.3. The normalized spacial score (nSPS) is 15.1. The molecule has 1 fully saturated rings. The summed E-state index contributed by atoms with van der Waals surface area (Å²) in [5.74, 6) is 0.772. The Morgan fingerprint density at radius 1 is 0.293 bits per heavy atom. The number of carbonyl (C=O) groups is 1. The first-order valence-corrected chi connectivity index (χ1v) is 39.2. The van der Waals surface area contributed by atoms with Gasteiger partial charge in [-0.2, -0.15) is 0 Å². The smallest absolute Gasteiger partial charge is 0.309 e. The van der Waals surface area contributed by atoms with Gasteiger partial charge < -0.3 is 10.2 Å². The van der Waals surface area contributed by atoms with E-state index in [1.54, 1.807) is 0 Å². The second kappa shape index (κ2) is 67.7. The van der Waals surface area contributed by atoms with Crippen LogP contribution < -0.4 is 0 Å². The molecule has 0 radical (unpaired) electrons. The second-order valence-electron chi connectivity index (χ2n) is 28.0. The number of carboxylic acid groups (broad SMARTS) is 1. The molecule has 1 rings (SSSR count). The average molecular weight is 1150 g/mol. The van der Waals surface area contributed by atoms with Crippen molar-refractivity contribution in [1.29, 1.82) is 0 Å². The maximum atomic E-state index is 12.0. The van der Waals surface area contributed by atoms with E-state index in [0.29, 0.717) is 12.8 Å². The van der Waals surface area contributed by atoms with Crippen LogP contribution in [0.3, 0.4) is 0 Å². The van der Waals surface area contributed by atoms with Gasteiger partial charge in [0.05, 0.1) is 12.0 Å².